The third-order valence-electron chi connectivity index (χ3n) is 5.80. The molecule has 0 atom stereocenters. The average Bonchev–Trinajstić information content (AvgIpc) is 3.45. The van der Waals surface area contributed by atoms with Crippen LogP contribution in [0.5, 0.6) is 0 Å². The molecule has 0 spiro atoms. The van der Waals surface area contributed by atoms with Gasteiger partial charge in [-0.05, 0) is 47.7 Å². The Bertz CT molecular complexity index is 1490. The van der Waals surface area contributed by atoms with Crippen LogP contribution in [0.15, 0.2) is 61.3 Å². The molecule has 0 radical (unpaired) electrons. The highest BCUT2D eigenvalue weighted by Crippen LogP contribution is 2.28. The molecule has 0 fully saturated rings. The average molecular weight is 497 g/mol. The van der Waals surface area contributed by atoms with Gasteiger partial charge in [-0.25, -0.2) is 9.97 Å². The summed E-state index contributed by atoms with van der Waals surface area (Å²) in [7, 11) is 1.87. The summed E-state index contributed by atoms with van der Waals surface area (Å²) in [4.78, 5) is 15.7. The van der Waals surface area contributed by atoms with E-state index in [4.69, 9.17) is 11.6 Å². The van der Waals surface area contributed by atoms with E-state index in [0.29, 0.717) is 30.0 Å². The van der Waals surface area contributed by atoms with E-state index in [-0.39, 0.29) is 0 Å². The summed E-state index contributed by atoms with van der Waals surface area (Å²) < 4.78 is 39.8. The minimum atomic E-state index is -4.44. The quantitative estimate of drug-likeness (QED) is 0.301. The predicted octanol–water partition coefficient (Wildman–Crippen LogP) is 5.80. The van der Waals surface area contributed by atoms with Crippen LogP contribution in [-0.2, 0) is 32.5 Å². The van der Waals surface area contributed by atoms with Gasteiger partial charge in [-0.3, -0.25) is 9.67 Å². The van der Waals surface area contributed by atoms with Crippen LogP contribution in [0.25, 0.3) is 22.2 Å². The van der Waals surface area contributed by atoms with E-state index < -0.39 is 11.9 Å². The normalized spacial score (nSPS) is 11.9. The first-order valence-corrected chi connectivity index (χ1v) is 11.3. The molecule has 0 aliphatic carbocycles. The number of hydrogen-bond donors (Lipinski definition) is 1. The van der Waals surface area contributed by atoms with Gasteiger partial charge in [-0.15, -0.1) is 0 Å². The van der Waals surface area contributed by atoms with Crippen molar-refractivity contribution in [3.63, 3.8) is 0 Å². The first-order chi connectivity index (χ1) is 16.8. The molecule has 0 saturated heterocycles. The minimum absolute atomic E-state index is 0.402. The highest BCUT2D eigenvalue weighted by molar-refractivity contribution is 6.30. The van der Waals surface area contributed by atoms with Crippen LogP contribution in [0.3, 0.4) is 0 Å². The zero-order valence-corrected chi connectivity index (χ0v) is 19.4. The number of nitrogens with zero attached hydrogens (tertiary/aromatic N) is 5. The summed E-state index contributed by atoms with van der Waals surface area (Å²) >= 11 is 6.49. The van der Waals surface area contributed by atoms with Crippen LogP contribution in [0.1, 0.15) is 28.1 Å². The molecular formula is C25H20ClF3N6. The lowest BCUT2D eigenvalue weighted by Crippen LogP contribution is -2.08. The zero-order chi connectivity index (χ0) is 24.6. The Morgan fingerprint density at radius 2 is 1.83 bits per heavy atom. The molecule has 5 rings (SSSR count). The second-order valence-corrected chi connectivity index (χ2v) is 8.67. The monoisotopic (exact) mass is 496 g/mol. The highest BCUT2D eigenvalue weighted by atomic mass is 35.5. The molecule has 178 valence electrons. The fourth-order valence-electron chi connectivity index (χ4n) is 3.92. The van der Waals surface area contributed by atoms with Crippen molar-refractivity contribution in [2.75, 3.05) is 0 Å². The second-order valence-electron chi connectivity index (χ2n) is 8.32. The lowest BCUT2D eigenvalue weighted by molar-refractivity contribution is -0.141. The Kier molecular flexibility index (Phi) is 6.02. The summed E-state index contributed by atoms with van der Waals surface area (Å²) in [6.07, 6.45) is 5.92. The van der Waals surface area contributed by atoms with E-state index in [1.54, 1.807) is 10.9 Å². The number of aromatic nitrogens is 6. The number of nitrogens with one attached hydrogen (secondary N) is 1. The summed E-state index contributed by atoms with van der Waals surface area (Å²) in [6, 6.07) is 8.35. The van der Waals surface area contributed by atoms with Crippen molar-refractivity contribution < 1.29 is 13.2 Å². The number of rotatable bonds is 6. The van der Waals surface area contributed by atoms with Crippen LogP contribution >= 0.6 is 11.6 Å². The van der Waals surface area contributed by atoms with Crippen molar-refractivity contribution >= 4 is 22.6 Å². The Morgan fingerprint density at radius 1 is 0.971 bits per heavy atom. The molecule has 5 aromatic rings. The molecule has 5 heterocycles. The number of halogens is 4. The molecular weight excluding hydrogens is 477 g/mol. The van der Waals surface area contributed by atoms with Crippen LogP contribution < -0.4 is 0 Å². The van der Waals surface area contributed by atoms with Gasteiger partial charge in [0, 0.05) is 60.5 Å². The summed E-state index contributed by atoms with van der Waals surface area (Å²) in [5.74, 6) is 0. The van der Waals surface area contributed by atoms with Gasteiger partial charge in [0.05, 0.1) is 6.20 Å². The van der Waals surface area contributed by atoms with Crippen molar-refractivity contribution in [1.82, 2.24) is 29.7 Å². The van der Waals surface area contributed by atoms with Gasteiger partial charge < -0.3 is 4.98 Å². The van der Waals surface area contributed by atoms with Crippen molar-refractivity contribution in [2.24, 2.45) is 7.05 Å². The van der Waals surface area contributed by atoms with Gasteiger partial charge in [-0.1, -0.05) is 23.7 Å². The molecule has 5 aromatic heterocycles. The summed E-state index contributed by atoms with van der Waals surface area (Å²) in [6.45, 7) is 0. The molecule has 6 nitrogen and oxygen atoms in total. The van der Waals surface area contributed by atoms with Crippen LogP contribution in [-0.4, -0.2) is 29.7 Å². The standard InChI is InChI=1S/C25H20ClF3N6/c1-35-14-19(13-33-35)17-9-21-18(12-32-24(21)31-11-17)8-16-4-6-20(34-23(16)26)5-2-15-3-7-22(30-10-15)25(27,28)29/h3-4,6-7,9-14H,2,5,8H2,1H3,(H,31,32). The SMILES string of the molecule is Cn1cc(-c2cnc3[nH]cc(Cc4ccc(CCc5ccc(C(F)(F)F)nc5)nc4Cl)c3c2)cn1. The zero-order valence-electron chi connectivity index (χ0n) is 18.6. The molecule has 0 bridgehead atoms. The van der Waals surface area contributed by atoms with Crippen molar-refractivity contribution in [1.29, 1.82) is 0 Å². The number of hydrogen-bond acceptors (Lipinski definition) is 4. The van der Waals surface area contributed by atoms with Crippen LogP contribution in [0.4, 0.5) is 13.2 Å². The van der Waals surface area contributed by atoms with Gasteiger partial charge in [0.15, 0.2) is 0 Å². The minimum Gasteiger partial charge on any atom is -0.346 e. The van der Waals surface area contributed by atoms with E-state index in [0.717, 1.165) is 45.0 Å². The van der Waals surface area contributed by atoms with Gasteiger partial charge in [0.1, 0.15) is 16.5 Å². The maximum Gasteiger partial charge on any atom is 0.433 e. The summed E-state index contributed by atoms with van der Waals surface area (Å²) in [5.41, 5.74) is 5.24. The molecule has 0 amide bonds. The van der Waals surface area contributed by atoms with Crippen molar-refractivity contribution in [3.05, 3.63) is 94.5 Å². The Morgan fingerprint density at radius 3 is 2.51 bits per heavy atom. The lowest BCUT2D eigenvalue weighted by atomic mass is 10.0. The van der Waals surface area contributed by atoms with Crippen LogP contribution in [0.2, 0.25) is 5.15 Å². The lowest BCUT2D eigenvalue weighted by Gasteiger charge is -2.08. The molecule has 0 aromatic carbocycles. The predicted molar refractivity (Wildman–Crippen MR) is 127 cm³/mol. The van der Waals surface area contributed by atoms with E-state index >= 15 is 0 Å². The Labute approximate surface area is 203 Å². The van der Waals surface area contributed by atoms with E-state index in [2.05, 4.69) is 31.1 Å². The Balaban J connectivity index is 1.30. The van der Waals surface area contributed by atoms with Gasteiger partial charge in [0.2, 0.25) is 0 Å². The molecule has 0 unspecified atom stereocenters. The molecule has 35 heavy (non-hydrogen) atoms. The van der Waals surface area contributed by atoms with E-state index in [9.17, 15) is 13.2 Å². The largest absolute Gasteiger partial charge is 0.433 e. The molecule has 1 N–H and O–H groups in total. The van der Waals surface area contributed by atoms with Crippen molar-refractivity contribution in [2.45, 2.75) is 25.4 Å². The van der Waals surface area contributed by atoms with Gasteiger partial charge in [0.25, 0.3) is 0 Å². The smallest absolute Gasteiger partial charge is 0.346 e. The summed E-state index contributed by atoms with van der Waals surface area (Å²) in [5, 5.41) is 5.63. The fraction of sp³-hybridized carbons (Fsp3) is 0.200. The number of pyridine rings is 3. The number of fused-ring (bicyclic) bond motifs is 1. The molecule has 0 saturated carbocycles. The molecule has 0 aliphatic rings. The van der Waals surface area contributed by atoms with E-state index in [1.165, 1.54) is 12.3 Å². The molecule has 10 heteroatoms. The number of aryl methyl sites for hydroxylation is 3. The second kappa shape index (κ2) is 9.14. The Hall–Kier alpha value is -3.72. The molecule has 0 aliphatic heterocycles. The fourth-order valence-corrected chi connectivity index (χ4v) is 4.16. The number of aromatic amines is 1. The maximum atomic E-state index is 12.7. The van der Waals surface area contributed by atoms with Gasteiger partial charge in [-0.2, -0.15) is 18.3 Å². The van der Waals surface area contributed by atoms with Gasteiger partial charge >= 0.3 is 6.18 Å². The third kappa shape index (κ3) is 5.05. The number of alkyl halides is 3. The maximum absolute atomic E-state index is 12.7. The van der Waals surface area contributed by atoms with Crippen LogP contribution in [0, 0.1) is 0 Å². The first-order valence-electron chi connectivity index (χ1n) is 10.9. The van der Waals surface area contributed by atoms with E-state index in [1.807, 2.05) is 37.8 Å². The highest BCUT2D eigenvalue weighted by Gasteiger charge is 2.31. The van der Waals surface area contributed by atoms with Crippen molar-refractivity contribution in [3.8, 4) is 11.1 Å². The first kappa shape index (κ1) is 23.0. The third-order valence-corrected chi connectivity index (χ3v) is 6.13. The topological polar surface area (TPSA) is 72.3 Å². The number of H-pyrrole nitrogens is 1.